The molecule has 39 heavy (non-hydrogen) atoms. The summed E-state index contributed by atoms with van der Waals surface area (Å²) in [7, 11) is 0. The van der Waals surface area contributed by atoms with Crippen LogP contribution in [0, 0.1) is 11.8 Å². The Bertz CT molecular complexity index is 1960. The van der Waals surface area contributed by atoms with Crippen molar-refractivity contribution in [2.24, 2.45) is 0 Å². The van der Waals surface area contributed by atoms with Crippen LogP contribution in [0.3, 0.4) is 0 Å². The molecule has 0 bridgehead atoms. The van der Waals surface area contributed by atoms with E-state index in [4.69, 9.17) is 10.8 Å². The van der Waals surface area contributed by atoms with Gasteiger partial charge < -0.3 is 11.1 Å². The minimum Gasteiger partial charge on any atom is -0.381 e. The van der Waals surface area contributed by atoms with E-state index in [0.717, 1.165) is 5.56 Å². The lowest BCUT2D eigenvalue weighted by atomic mass is 10.2. The van der Waals surface area contributed by atoms with Crippen LogP contribution in [-0.2, 0) is 0 Å². The molecule has 5 heterocycles. The van der Waals surface area contributed by atoms with Crippen LogP contribution in [0.1, 0.15) is 40.3 Å². The molecule has 1 amide bonds. The zero-order valence-electron chi connectivity index (χ0n) is 20.7. The number of rotatable bonds is 4. The standard InChI is InChI=1S/C28H21N9O2/c1-18(32-27(38)22-24(29)33-36-16-5-13-31-26(22)36)25-34-35-17-12-20(9-8-19-10-14-30-15-11-19)23(35)28(39)37(25)21-6-3-2-4-7-21/h2-7,10-18H,1H3,(H2,29,33)(H,32,38)/t18-/m0/s1. The Kier molecular flexibility index (Phi) is 5.82. The van der Waals surface area contributed by atoms with E-state index in [0.29, 0.717) is 28.2 Å². The quantitative estimate of drug-likeness (QED) is 0.344. The number of nitrogens with two attached hydrogens (primary N) is 1. The molecule has 0 fully saturated rings. The molecule has 11 nitrogen and oxygen atoms in total. The topological polar surface area (TPSA) is 138 Å². The Labute approximate surface area is 221 Å². The number of amides is 1. The number of nitrogens with one attached hydrogen (secondary N) is 1. The van der Waals surface area contributed by atoms with Crippen LogP contribution in [0.2, 0.25) is 0 Å². The molecular weight excluding hydrogens is 494 g/mol. The number of pyridine rings is 1. The van der Waals surface area contributed by atoms with E-state index in [2.05, 4.69) is 32.2 Å². The Morgan fingerprint density at radius 3 is 2.54 bits per heavy atom. The molecule has 0 saturated heterocycles. The van der Waals surface area contributed by atoms with Gasteiger partial charge in [0, 0.05) is 36.5 Å². The molecule has 0 aliphatic rings. The number of fused-ring (bicyclic) bond motifs is 2. The zero-order chi connectivity index (χ0) is 26.9. The van der Waals surface area contributed by atoms with Gasteiger partial charge >= 0.3 is 0 Å². The summed E-state index contributed by atoms with van der Waals surface area (Å²) in [5, 5.41) is 11.8. The molecule has 1 aromatic carbocycles. The number of hydrogen-bond acceptors (Lipinski definition) is 7. The highest BCUT2D eigenvalue weighted by Gasteiger charge is 2.25. The van der Waals surface area contributed by atoms with Gasteiger partial charge in [-0.15, -0.1) is 5.10 Å². The van der Waals surface area contributed by atoms with E-state index in [1.54, 1.807) is 74.3 Å². The Morgan fingerprint density at radius 1 is 0.949 bits per heavy atom. The molecule has 0 aliphatic carbocycles. The van der Waals surface area contributed by atoms with Gasteiger partial charge in [-0.25, -0.2) is 14.0 Å². The maximum Gasteiger partial charge on any atom is 0.283 e. The lowest BCUT2D eigenvalue weighted by Crippen LogP contribution is -2.34. The van der Waals surface area contributed by atoms with Crippen molar-refractivity contribution in [3.8, 4) is 17.5 Å². The zero-order valence-corrected chi connectivity index (χ0v) is 20.7. The number of hydrogen-bond donors (Lipinski definition) is 2. The molecule has 5 aromatic heterocycles. The highest BCUT2D eigenvalue weighted by molar-refractivity contribution is 6.04. The number of carbonyl (C=O) groups excluding carboxylic acids is 1. The van der Waals surface area contributed by atoms with E-state index in [1.807, 2.05) is 18.2 Å². The molecule has 0 aliphatic heterocycles. The van der Waals surface area contributed by atoms with Crippen molar-refractivity contribution in [1.29, 1.82) is 0 Å². The number of nitrogens with zero attached hydrogens (tertiary/aromatic N) is 7. The molecule has 0 unspecified atom stereocenters. The van der Waals surface area contributed by atoms with Crippen molar-refractivity contribution in [2.45, 2.75) is 13.0 Å². The predicted molar refractivity (Wildman–Crippen MR) is 144 cm³/mol. The summed E-state index contributed by atoms with van der Waals surface area (Å²) in [5.41, 5.74) is 8.40. The first-order chi connectivity index (χ1) is 19.0. The van der Waals surface area contributed by atoms with E-state index < -0.39 is 11.9 Å². The van der Waals surface area contributed by atoms with Gasteiger partial charge in [-0.05, 0) is 43.3 Å². The lowest BCUT2D eigenvalue weighted by molar-refractivity contribution is 0.0940. The van der Waals surface area contributed by atoms with Crippen molar-refractivity contribution in [1.82, 2.24) is 39.1 Å². The van der Waals surface area contributed by atoms with Gasteiger partial charge in [0.2, 0.25) is 0 Å². The van der Waals surface area contributed by atoms with Crippen molar-refractivity contribution in [3.63, 3.8) is 0 Å². The molecule has 6 aromatic rings. The lowest BCUT2D eigenvalue weighted by Gasteiger charge is -2.19. The van der Waals surface area contributed by atoms with Crippen molar-refractivity contribution >= 4 is 22.9 Å². The maximum absolute atomic E-state index is 14.0. The van der Waals surface area contributed by atoms with Gasteiger partial charge in [0.1, 0.15) is 11.1 Å². The van der Waals surface area contributed by atoms with Gasteiger partial charge in [0.25, 0.3) is 11.5 Å². The highest BCUT2D eigenvalue weighted by atomic mass is 16.2. The van der Waals surface area contributed by atoms with Crippen LogP contribution < -0.4 is 16.6 Å². The van der Waals surface area contributed by atoms with Crippen LogP contribution >= 0.6 is 0 Å². The van der Waals surface area contributed by atoms with Crippen molar-refractivity contribution < 1.29 is 4.79 Å². The van der Waals surface area contributed by atoms with Crippen molar-refractivity contribution in [2.75, 3.05) is 5.73 Å². The van der Waals surface area contributed by atoms with E-state index in [9.17, 15) is 9.59 Å². The normalized spacial score (nSPS) is 11.7. The second-order valence-electron chi connectivity index (χ2n) is 8.69. The van der Waals surface area contributed by atoms with Crippen molar-refractivity contribution in [3.05, 3.63) is 118 Å². The predicted octanol–water partition coefficient (Wildman–Crippen LogP) is 2.40. The Morgan fingerprint density at radius 2 is 1.74 bits per heavy atom. The van der Waals surface area contributed by atoms with Gasteiger partial charge in [0.05, 0.1) is 17.3 Å². The average molecular weight is 516 g/mol. The first kappa shape index (κ1) is 23.6. The fraction of sp³-hybridized carbons (Fsp3) is 0.0714. The summed E-state index contributed by atoms with van der Waals surface area (Å²) in [4.78, 5) is 35.5. The monoisotopic (exact) mass is 515 g/mol. The molecular formula is C28H21N9O2. The second-order valence-corrected chi connectivity index (χ2v) is 8.69. The smallest absolute Gasteiger partial charge is 0.283 e. The first-order valence-corrected chi connectivity index (χ1v) is 12.0. The third kappa shape index (κ3) is 4.25. The first-order valence-electron chi connectivity index (χ1n) is 12.0. The number of carbonyl (C=O) groups is 1. The number of anilines is 1. The molecule has 190 valence electrons. The largest absolute Gasteiger partial charge is 0.381 e. The summed E-state index contributed by atoms with van der Waals surface area (Å²) >= 11 is 0. The summed E-state index contributed by atoms with van der Waals surface area (Å²) < 4.78 is 4.41. The summed E-state index contributed by atoms with van der Waals surface area (Å²) in [5.74, 6) is 6.02. The molecule has 1 atom stereocenters. The molecule has 11 heteroatoms. The Hall–Kier alpha value is -5.76. The summed E-state index contributed by atoms with van der Waals surface area (Å²) in [6.07, 6.45) is 8.20. The van der Waals surface area contributed by atoms with Crippen LogP contribution in [0.4, 0.5) is 5.82 Å². The van der Waals surface area contributed by atoms with Crippen LogP contribution in [-0.4, -0.2) is 39.7 Å². The minimum absolute atomic E-state index is 0.0464. The van der Waals surface area contributed by atoms with Gasteiger partial charge in [-0.3, -0.25) is 19.1 Å². The molecule has 3 N–H and O–H groups in total. The van der Waals surface area contributed by atoms with Gasteiger partial charge in [-0.2, -0.15) is 5.10 Å². The van der Waals surface area contributed by atoms with E-state index in [-0.39, 0.29) is 16.9 Å². The molecule has 0 saturated carbocycles. The molecule has 6 rings (SSSR count). The average Bonchev–Trinajstić information content (AvgIpc) is 3.52. The van der Waals surface area contributed by atoms with Crippen LogP contribution in [0.5, 0.6) is 0 Å². The maximum atomic E-state index is 14.0. The number of benzene rings is 1. The van der Waals surface area contributed by atoms with E-state index >= 15 is 0 Å². The summed E-state index contributed by atoms with van der Waals surface area (Å²) in [6, 6.07) is 15.4. The fourth-order valence-corrected chi connectivity index (χ4v) is 4.32. The summed E-state index contributed by atoms with van der Waals surface area (Å²) in [6.45, 7) is 1.74. The molecule has 0 radical (unpaired) electrons. The second kappa shape index (κ2) is 9.60. The third-order valence-corrected chi connectivity index (χ3v) is 6.13. The minimum atomic E-state index is -0.693. The Balaban J connectivity index is 1.45. The van der Waals surface area contributed by atoms with Crippen LogP contribution in [0.15, 0.2) is 90.4 Å². The van der Waals surface area contributed by atoms with Gasteiger partial charge in [-0.1, -0.05) is 30.0 Å². The molecule has 0 spiro atoms. The number of aromatic nitrogens is 7. The van der Waals surface area contributed by atoms with E-state index in [1.165, 1.54) is 13.6 Å². The number of para-hydroxylation sites is 1. The van der Waals surface area contributed by atoms with Gasteiger partial charge in [0.15, 0.2) is 17.3 Å². The van der Waals surface area contributed by atoms with Crippen LogP contribution in [0.25, 0.3) is 16.9 Å². The number of nitrogen functional groups attached to an aromatic ring is 1. The highest BCUT2D eigenvalue weighted by Crippen LogP contribution is 2.20. The third-order valence-electron chi connectivity index (χ3n) is 6.13. The fourth-order valence-electron chi connectivity index (χ4n) is 4.32. The SMILES string of the molecule is C[C@H](NC(=O)c1c(N)nn2cccnc12)c1nn2ccc(C#Cc3ccncc3)c2c(=O)n1-c1ccccc1.